The molecule has 4 rings (SSSR count). The van der Waals surface area contributed by atoms with Crippen LogP contribution in [0.5, 0.6) is 5.75 Å². The van der Waals surface area contributed by atoms with Crippen LogP contribution in [0.25, 0.3) is 11.0 Å². The summed E-state index contributed by atoms with van der Waals surface area (Å²) in [6, 6.07) is 6.09. The number of fused-ring (bicyclic) bond motifs is 1. The van der Waals surface area contributed by atoms with E-state index in [9.17, 15) is 13.6 Å². The number of hydrogen-bond acceptors (Lipinski definition) is 6. The van der Waals surface area contributed by atoms with Crippen LogP contribution >= 0.6 is 0 Å². The summed E-state index contributed by atoms with van der Waals surface area (Å²) in [6.07, 6.45) is 1.07. The molecule has 8 nitrogen and oxygen atoms in total. The molecule has 0 spiro atoms. The van der Waals surface area contributed by atoms with E-state index in [-0.39, 0.29) is 24.0 Å². The molecule has 2 aromatic heterocycles. The number of methoxy groups -OCH3 is 1. The van der Waals surface area contributed by atoms with Gasteiger partial charge in [-0.15, -0.1) is 0 Å². The van der Waals surface area contributed by atoms with Crippen LogP contribution in [0.3, 0.4) is 0 Å². The molecule has 3 heterocycles. The van der Waals surface area contributed by atoms with Crippen molar-refractivity contribution in [1.82, 2.24) is 20.1 Å². The van der Waals surface area contributed by atoms with Gasteiger partial charge >= 0.3 is 0 Å². The van der Waals surface area contributed by atoms with Crippen LogP contribution in [-0.2, 0) is 11.3 Å². The molecule has 0 radical (unpaired) electrons. The van der Waals surface area contributed by atoms with Crippen LogP contribution in [0.1, 0.15) is 32.0 Å². The van der Waals surface area contributed by atoms with Gasteiger partial charge in [-0.25, -0.2) is 23.4 Å². The molecular weight excluding hydrogens is 430 g/mol. The Morgan fingerprint density at radius 3 is 2.79 bits per heavy atom. The van der Waals surface area contributed by atoms with Crippen LogP contribution in [-0.4, -0.2) is 40.2 Å². The van der Waals surface area contributed by atoms with Gasteiger partial charge in [-0.1, -0.05) is 12.1 Å². The van der Waals surface area contributed by atoms with Gasteiger partial charge in [-0.05, 0) is 39.6 Å². The standard InChI is InChI=1S/C23H22F2N6O2/c1-12(28-20-19(26-4)23(2,3)22(32)29-20)18-15-9-14(24)10-27-21(15)31(30-18)11-13-7-6-8-16(33-5)17(13)25/h6-10H,4,11H2,1-3,5H3,(H,29,32)/b28-12+. The van der Waals surface area contributed by atoms with Crippen LogP contribution in [0.2, 0.25) is 0 Å². The number of nitrogens with one attached hydrogen (secondary N) is 1. The number of nitrogens with zero attached hydrogens (tertiary/aromatic N) is 5. The smallest absolute Gasteiger partial charge is 0.237 e. The lowest BCUT2D eigenvalue weighted by atomic mass is 9.91. The number of aromatic nitrogens is 3. The van der Waals surface area contributed by atoms with Gasteiger partial charge in [0.05, 0.1) is 42.1 Å². The third-order valence-electron chi connectivity index (χ3n) is 5.53. The van der Waals surface area contributed by atoms with E-state index in [2.05, 4.69) is 32.1 Å². The molecule has 1 aromatic carbocycles. The average Bonchev–Trinajstić information content (AvgIpc) is 3.22. The number of aliphatic imine (C=N–C) groups is 2. The molecule has 0 fully saturated rings. The van der Waals surface area contributed by atoms with E-state index >= 15 is 0 Å². The zero-order chi connectivity index (χ0) is 23.9. The minimum Gasteiger partial charge on any atom is -0.494 e. The zero-order valence-corrected chi connectivity index (χ0v) is 18.6. The summed E-state index contributed by atoms with van der Waals surface area (Å²) >= 11 is 0. The summed E-state index contributed by atoms with van der Waals surface area (Å²) < 4.78 is 35.3. The third kappa shape index (κ3) is 3.77. The average molecular weight is 452 g/mol. The normalized spacial score (nSPS) is 15.8. The van der Waals surface area contributed by atoms with Crippen molar-refractivity contribution in [3.8, 4) is 5.75 Å². The number of ether oxygens (including phenoxy) is 1. The highest BCUT2D eigenvalue weighted by Crippen LogP contribution is 2.35. The molecule has 0 saturated carbocycles. The molecule has 1 N–H and O–H groups in total. The van der Waals surface area contributed by atoms with E-state index in [1.807, 2.05) is 0 Å². The Morgan fingerprint density at radius 2 is 2.09 bits per heavy atom. The molecular formula is C23H22F2N6O2. The first-order valence-electron chi connectivity index (χ1n) is 10.1. The van der Waals surface area contributed by atoms with Crippen LogP contribution in [0.4, 0.5) is 8.78 Å². The van der Waals surface area contributed by atoms with Crippen molar-refractivity contribution < 1.29 is 18.3 Å². The van der Waals surface area contributed by atoms with Crippen molar-refractivity contribution in [3.05, 3.63) is 64.9 Å². The number of pyridine rings is 1. The van der Waals surface area contributed by atoms with Crippen molar-refractivity contribution >= 4 is 29.4 Å². The monoisotopic (exact) mass is 452 g/mol. The molecule has 0 atom stereocenters. The summed E-state index contributed by atoms with van der Waals surface area (Å²) in [7, 11) is 1.39. The maximum Gasteiger partial charge on any atom is 0.237 e. The number of rotatable bonds is 6. The van der Waals surface area contributed by atoms with Gasteiger partial charge in [0.2, 0.25) is 5.91 Å². The van der Waals surface area contributed by atoms with E-state index < -0.39 is 17.0 Å². The third-order valence-corrected chi connectivity index (χ3v) is 5.53. The fourth-order valence-corrected chi connectivity index (χ4v) is 3.71. The fourth-order valence-electron chi connectivity index (χ4n) is 3.71. The zero-order valence-electron chi connectivity index (χ0n) is 18.6. The summed E-state index contributed by atoms with van der Waals surface area (Å²) in [4.78, 5) is 24.9. The van der Waals surface area contributed by atoms with Gasteiger partial charge in [-0.3, -0.25) is 9.79 Å². The number of amides is 1. The molecule has 0 aliphatic carbocycles. The molecule has 0 bridgehead atoms. The molecule has 33 heavy (non-hydrogen) atoms. The summed E-state index contributed by atoms with van der Waals surface area (Å²) in [5.41, 5.74) is 0.937. The van der Waals surface area contributed by atoms with Crippen molar-refractivity contribution in [1.29, 1.82) is 0 Å². The Kier molecular flexibility index (Phi) is 5.52. The van der Waals surface area contributed by atoms with E-state index in [1.54, 1.807) is 32.9 Å². The predicted molar refractivity (Wildman–Crippen MR) is 120 cm³/mol. The lowest BCUT2D eigenvalue weighted by Gasteiger charge is -2.14. The minimum atomic E-state index is -0.889. The molecule has 3 aromatic rings. The molecule has 10 heteroatoms. The summed E-state index contributed by atoms with van der Waals surface area (Å²) in [5.74, 6) is -0.958. The predicted octanol–water partition coefficient (Wildman–Crippen LogP) is 3.60. The molecule has 0 saturated heterocycles. The quantitative estimate of drug-likeness (QED) is 0.579. The van der Waals surface area contributed by atoms with E-state index in [0.29, 0.717) is 33.7 Å². The number of benzene rings is 1. The highest BCUT2D eigenvalue weighted by atomic mass is 19.1. The lowest BCUT2D eigenvalue weighted by Crippen LogP contribution is -2.28. The molecule has 1 aliphatic heterocycles. The van der Waals surface area contributed by atoms with Crippen molar-refractivity contribution in [2.75, 3.05) is 7.11 Å². The van der Waals surface area contributed by atoms with E-state index in [0.717, 1.165) is 6.20 Å². The minimum absolute atomic E-state index is 0.0391. The maximum absolute atomic E-state index is 14.7. The Morgan fingerprint density at radius 1 is 1.33 bits per heavy atom. The second kappa shape index (κ2) is 8.19. The Labute approximate surface area is 188 Å². The van der Waals surface area contributed by atoms with Gasteiger partial charge < -0.3 is 10.1 Å². The number of halogens is 2. The van der Waals surface area contributed by atoms with Gasteiger partial charge in [0.25, 0.3) is 0 Å². The first kappa shape index (κ1) is 22.3. The van der Waals surface area contributed by atoms with Crippen LogP contribution < -0.4 is 10.1 Å². The van der Waals surface area contributed by atoms with Crippen molar-refractivity contribution in [3.63, 3.8) is 0 Å². The number of hydrogen-bond donors (Lipinski definition) is 1. The van der Waals surface area contributed by atoms with Gasteiger partial charge in [0.15, 0.2) is 23.0 Å². The van der Waals surface area contributed by atoms with Gasteiger partial charge in [0, 0.05) is 5.56 Å². The first-order chi connectivity index (χ1) is 15.7. The highest BCUT2D eigenvalue weighted by molar-refractivity contribution is 6.08. The Bertz CT molecular complexity index is 1360. The molecule has 170 valence electrons. The van der Waals surface area contributed by atoms with Crippen molar-refractivity contribution in [2.45, 2.75) is 27.3 Å². The molecule has 1 amide bonds. The van der Waals surface area contributed by atoms with Gasteiger partial charge in [-0.2, -0.15) is 5.10 Å². The molecule has 1 aliphatic rings. The second-order valence-electron chi connectivity index (χ2n) is 8.10. The summed E-state index contributed by atoms with van der Waals surface area (Å²) in [6.45, 7) is 8.69. The van der Waals surface area contributed by atoms with E-state index in [1.165, 1.54) is 23.9 Å². The second-order valence-corrected chi connectivity index (χ2v) is 8.10. The highest BCUT2D eigenvalue weighted by Gasteiger charge is 2.41. The Balaban J connectivity index is 1.83. The number of carbonyl (C=O) groups excluding carboxylic acids is 1. The summed E-state index contributed by atoms with van der Waals surface area (Å²) in [5, 5.41) is 7.64. The largest absolute Gasteiger partial charge is 0.494 e. The molecule has 0 unspecified atom stereocenters. The SMILES string of the molecule is C=NC1=C(/N=C(\C)c2nn(Cc3cccc(OC)c3F)c3ncc(F)cc23)NC(=O)C1(C)C. The lowest BCUT2D eigenvalue weighted by molar-refractivity contribution is -0.125. The van der Waals surface area contributed by atoms with Crippen LogP contribution in [0, 0.1) is 17.0 Å². The first-order valence-corrected chi connectivity index (χ1v) is 10.1. The number of carbonyl (C=O) groups is 1. The van der Waals surface area contributed by atoms with Crippen LogP contribution in [0.15, 0.2) is 52.0 Å². The topological polar surface area (TPSA) is 93.8 Å². The Hall–Kier alpha value is -3.95. The van der Waals surface area contributed by atoms with E-state index in [4.69, 9.17) is 4.74 Å². The van der Waals surface area contributed by atoms with Crippen molar-refractivity contribution in [2.24, 2.45) is 15.4 Å². The fraction of sp³-hybridized carbons (Fsp3) is 0.261. The maximum atomic E-state index is 14.7. The van der Waals surface area contributed by atoms with Gasteiger partial charge in [0.1, 0.15) is 11.5 Å².